The van der Waals surface area contributed by atoms with E-state index in [4.69, 9.17) is 0 Å². The first-order chi connectivity index (χ1) is 8.68. The Bertz CT molecular complexity index is 225. The van der Waals surface area contributed by atoms with E-state index in [2.05, 4.69) is 6.92 Å². The minimum atomic E-state index is -0.196. The smallest absolute Gasteiger partial charge is 0.133 e. The molecule has 1 N–H and O–H groups in total. The molecule has 1 fully saturated rings. The van der Waals surface area contributed by atoms with Gasteiger partial charge in [-0.15, -0.1) is 0 Å². The van der Waals surface area contributed by atoms with Gasteiger partial charge in [0.15, 0.2) is 0 Å². The Morgan fingerprint density at radius 2 is 1.50 bits per heavy atom. The largest absolute Gasteiger partial charge is 0.393 e. The molecule has 2 atom stereocenters. The average molecular weight is 254 g/mol. The quantitative estimate of drug-likeness (QED) is 0.701. The molecule has 0 aliphatic heterocycles. The van der Waals surface area contributed by atoms with Crippen LogP contribution in [0.25, 0.3) is 0 Å². The number of Topliss-reactive ketones (excluding diaryl/α,β-unsaturated/α-hetero) is 1. The molecular formula is C16H30O2. The van der Waals surface area contributed by atoms with E-state index in [9.17, 15) is 9.90 Å². The van der Waals surface area contributed by atoms with Crippen LogP contribution in [-0.2, 0) is 4.79 Å². The maximum Gasteiger partial charge on any atom is 0.133 e. The van der Waals surface area contributed by atoms with Crippen molar-refractivity contribution in [2.75, 3.05) is 0 Å². The van der Waals surface area contributed by atoms with Gasteiger partial charge in [0.25, 0.3) is 0 Å². The van der Waals surface area contributed by atoms with Gasteiger partial charge in [-0.3, -0.25) is 4.79 Å². The molecule has 18 heavy (non-hydrogen) atoms. The molecule has 0 aromatic carbocycles. The third-order valence-corrected chi connectivity index (χ3v) is 3.99. The van der Waals surface area contributed by atoms with Gasteiger partial charge in [-0.1, -0.05) is 51.9 Å². The summed E-state index contributed by atoms with van der Waals surface area (Å²) in [6, 6.07) is 0. The first-order valence-corrected chi connectivity index (χ1v) is 7.88. The van der Waals surface area contributed by atoms with E-state index in [1.807, 2.05) is 0 Å². The highest BCUT2D eigenvalue weighted by molar-refractivity contribution is 5.78. The van der Waals surface area contributed by atoms with E-state index in [1.54, 1.807) is 0 Å². The van der Waals surface area contributed by atoms with Gasteiger partial charge >= 0.3 is 0 Å². The Balaban J connectivity index is 2.33. The molecule has 0 spiro atoms. The second-order valence-corrected chi connectivity index (χ2v) is 6.10. The first-order valence-electron chi connectivity index (χ1n) is 7.88. The lowest BCUT2D eigenvalue weighted by Gasteiger charge is -2.15. The number of carbonyl (C=O) groups excluding carboxylic acids is 1. The lowest BCUT2D eigenvalue weighted by atomic mass is 9.94. The van der Waals surface area contributed by atoms with Crippen molar-refractivity contribution >= 4 is 5.78 Å². The van der Waals surface area contributed by atoms with Crippen LogP contribution in [0, 0.1) is 5.92 Å². The van der Waals surface area contributed by atoms with Crippen LogP contribution in [0.2, 0.25) is 0 Å². The Morgan fingerprint density at radius 3 is 2.17 bits per heavy atom. The Morgan fingerprint density at radius 1 is 0.944 bits per heavy atom. The highest BCUT2D eigenvalue weighted by Gasteiger charge is 2.14. The van der Waals surface area contributed by atoms with Crippen LogP contribution < -0.4 is 0 Å². The van der Waals surface area contributed by atoms with Crippen molar-refractivity contribution in [2.45, 2.75) is 90.1 Å². The Labute approximate surface area is 112 Å². The summed E-state index contributed by atoms with van der Waals surface area (Å²) in [5, 5.41) is 9.92. The highest BCUT2D eigenvalue weighted by atomic mass is 16.3. The van der Waals surface area contributed by atoms with E-state index in [1.165, 1.54) is 38.5 Å². The zero-order valence-electron chi connectivity index (χ0n) is 12.0. The fraction of sp³-hybridized carbons (Fsp3) is 0.938. The maximum absolute atomic E-state index is 11.8. The molecule has 106 valence electrons. The standard InChI is InChI=1S/C16H30O2/c1-14-12-15(17)10-8-6-4-2-3-5-7-9-11-16(18)13-14/h14-15,17H,2-13H2,1H3/t14-,15-/m1/s1. The molecule has 0 unspecified atom stereocenters. The van der Waals surface area contributed by atoms with Gasteiger partial charge in [0.2, 0.25) is 0 Å². The summed E-state index contributed by atoms with van der Waals surface area (Å²) in [5.41, 5.74) is 0. The van der Waals surface area contributed by atoms with E-state index in [0.29, 0.717) is 18.1 Å². The van der Waals surface area contributed by atoms with Gasteiger partial charge < -0.3 is 5.11 Å². The summed E-state index contributed by atoms with van der Waals surface area (Å²) in [6.45, 7) is 2.10. The number of aliphatic hydroxyl groups excluding tert-OH is 1. The molecule has 2 nitrogen and oxygen atoms in total. The number of hydrogen-bond donors (Lipinski definition) is 1. The van der Waals surface area contributed by atoms with Gasteiger partial charge in [-0.25, -0.2) is 0 Å². The van der Waals surface area contributed by atoms with Crippen molar-refractivity contribution in [3.8, 4) is 0 Å². The zero-order chi connectivity index (χ0) is 13.2. The van der Waals surface area contributed by atoms with E-state index < -0.39 is 0 Å². The topological polar surface area (TPSA) is 37.3 Å². The minimum Gasteiger partial charge on any atom is -0.393 e. The molecule has 1 rings (SSSR count). The summed E-state index contributed by atoms with van der Waals surface area (Å²) in [6.07, 6.45) is 12.8. The maximum atomic E-state index is 11.8. The third-order valence-electron chi connectivity index (χ3n) is 3.99. The average Bonchev–Trinajstić information content (AvgIpc) is 2.30. The highest BCUT2D eigenvalue weighted by Crippen LogP contribution is 2.19. The van der Waals surface area contributed by atoms with Crippen molar-refractivity contribution in [2.24, 2.45) is 5.92 Å². The van der Waals surface area contributed by atoms with Crippen LogP contribution in [0.4, 0.5) is 0 Å². The van der Waals surface area contributed by atoms with Crippen molar-refractivity contribution in [3.05, 3.63) is 0 Å². The molecule has 0 saturated heterocycles. The van der Waals surface area contributed by atoms with Gasteiger partial charge in [-0.2, -0.15) is 0 Å². The van der Waals surface area contributed by atoms with Gasteiger partial charge in [0, 0.05) is 12.8 Å². The van der Waals surface area contributed by atoms with E-state index in [0.717, 1.165) is 32.1 Å². The summed E-state index contributed by atoms with van der Waals surface area (Å²) in [7, 11) is 0. The van der Waals surface area contributed by atoms with E-state index >= 15 is 0 Å². The van der Waals surface area contributed by atoms with Crippen molar-refractivity contribution in [1.29, 1.82) is 0 Å². The van der Waals surface area contributed by atoms with Crippen LogP contribution in [-0.4, -0.2) is 17.0 Å². The number of ketones is 1. The number of carbonyl (C=O) groups is 1. The van der Waals surface area contributed by atoms with E-state index in [-0.39, 0.29) is 6.10 Å². The van der Waals surface area contributed by atoms with Crippen molar-refractivity contribution in [3.63, 3.8) is 0 Å². The third kappa shape index (κ3) is 7.86. The minimum absolute atomic E-state index is 0.196. The number of rotatable bonds is 0. The normalized spacial score (nSPS) is 30.4. The Kier molecular flexibility index (Phi) is 8.32. The van der Waals surface area contributed by atoms with Crippen LogP contribution in [0.5, 0.6) is 0 Å². The Hall–Kier alpha value is -0.370. The first kappa shape index (κ1) is 15.7. The van der Waals surface area contributed by atoms with Crippen molar-refractivity contribution < 1.29 is 9.90 Å². The predicted molar refractivity (Wildman–Crippen MR) is 75.6 cm³/mol. The fourth-order valence-corrected chi connectivity index (χ4v) is 2.92. The number of aliphatic hydroxyl groups is 1. The second-order valence-electron chi connectivity index (χ2n) is 6.10. The fourth-order valence-electron chi connectivity index (χ4n) is 2.92. The zero-order valence-corrected chi connectivity index (χ0v) is 12.0. The molecule has 0 bridgehead atoms. The van der Waals surface area contributed by atoms with Crippen LogP contribution >= 0.6 is 0 Å². The molecule has 0 aromatic rings. The monoisotopic (exact) mass is 254 g/mol. The molecule has 1 aliphatic carbocycles. The van der Waals surface area contributed by atoms with Gasteiger partial charge in [-0.05, 0) is 25.2 Å². The molecule has 1 saturated carbocycles. The molecule has 2 heteroatoms. The van der Waals surface area contributed by atoms with Gasteiger partial charge in [0.1, 0.15) is 5.78 Å². The molecule has 0 heterocycles. The molecule has 0 aromatic heterocycles. The lowest BCUT2D eigenvalue weighted by molar-refractivity contribution is -0.120. The molecular weight excluding hydrogens is 224 g/mol. The van der Waals surface area contributed by atoms with Crippen LogP contribution in [0.1, 0.15) is 84.0 Å². The van der Waals surface area contributed by atoms with Crippen LogP contribution in [0.15, 0.2) is 0 Å². The predicted octanol–water partition coefficient (Wildman–Crippen LogP) is 4.25. The summed E-state index contributed by atoms with van der Waals surface area (Å²) in [4.78, 5) is 11.8. The lowest BCUT2D eigenvalue weighted by Crippen LogP contribution is -2.14. The molecule has 0 radical (unpaired) electrons. The summed E-state index contributed by atoms with van der Waals surface area (Å²) in [5.74, 6) is 0.738. The van der Waals surface area contributed by atoms with Crippen molar-refractivity contribution in [1.82, 2.24) is 0 Å². The summed E-state index contributed by atoms with van der Waals surface area (Å²) >= 11 is 0. The molecule has 1 aliphatic rings. The summed E-state index contributed by atoms with van der Waals surface area (Å²) < 4.78 is 0. The van der Waals surface area contributed by atoms with Crippen LogP contribution in [0.3, 0.4) is 0 Å². The SMILES string of the molecule is C[C@H]1CC(=O)CCCCCCCCCC[C@@H](O)C1. The second kappa shape index (κ2) is 9.55. The molecule has 0 amide bonds. The van der Waals surface area contributed by atoms with Gasteiger partial charge in [0.05, 0.1) is 6.10 Å². The number of hydrogen-bond acceptors (Lipinski definition) is 2.